The number of benzene rings is 1. The predicted molar refractivity (Wildman–Crippen MR) is 67.1 cm³/mol. The Balaban J connectivity index is 2.95. The Bertz CT molecular complexity index is 499. The molecular weight excluding hydrogens is 400 g/mol. The number of ether oxygens (including phenoxy) is 1. The van der Waals surface area contributed by atoms with E-state index in [9.17, 15) is 0 Å². The number of fused-ring (bicyclic) bond motifs is 1. The van der Waals surface area contributed by atoms with Gasteiger partial charge in [-0.3, -0.25) is 0 Å². The summed E-state index contributed by atoms with van der Waals surface area (Å²) in [5.74, 6) is 0.698. The number of rotatable bonds is 1. The second-order valence-corrected chi connectivity index (χ2v) is 5.34. The molecule has 0 radical (unpaired) electrons. The van der Waals surface area contributed by atoms with Gasteiger partial charge in [-0.25, -0.2) is 0 Å². The summed E-state index contributed by atoms with van der Waals surface area (Å²) >= 11 is 11.5. The zero-order valence-electron chi connectivity index (χ0n) is 6.84. The maximum atomic E-state index is 5.26. The van der Waals surface area contributed by atoms with Crippen molar-refractivity contribution in [2.75, 3.05) is 7.11 Å². The molecule has 7 heteroatoms. The van der Waals surface area contributed by atoms with Crippen LogP contribution in [0.25, 0.3) is 11.0 Å². The van der Waals surface area contributed by atoms with Gasteiger partial charge in [0.15, 0.2) is 5.75 Å². The zero-order valence-corrected chi connectivity index (χ0v) is 12.4. The molecular formula is C7H3Br3N2OS. The number of halogens is 3. The van der Waals surface area contributed by atoms with Crippen LogP contribution < -0.4 is 4.74 Å². The van der Waals surface area contributed by atoms with E-state index in [2.05, 4.69) is 56.5 Å². The number of hydrogen-bond donors (Lipinski definition) is 0. The molecule has 14 heavy (non-hydrogen) atoms. The molecule has 1 aromatic heterocycles. The highest BCUT2D eigenvalue weighted by molar-refractivity contribution is 9.14. The molecule has 0 aliphatic heterocycles. The third kappa shape index (κ3) is 1.50. The lowest BCUT2D eigenvalue weighted by Gasteiger charge is -2.07. The first kappa shape index (κ1) is 10.8. The summed E-state index contributed by atoms with van der Waals surface area (Å²) in [5, 5.41) is 0. The predicted octanol–water partition coefficient (Wildman–Crippen LogP) is 3.99. The van der Waals surface area contributed by atoms with E-state index < -0.39 is 0 Å². The minimum Gasteiger partial charge on any atom is -0.493 e. The highest BCUT2D eigenvalue weighted by Gasteiger charge is 2.18. The van der Waals surface area contributed by atoms with Gasteiger partial charge in [-0.15, -0.1) is 0 Å². The SMILES string of the molecule is COc1c(Br)c(Br)c(Br)c2nsnc12. The van der Waals surface area contributed by atoms with Crippen molar-refractivity contribution in [1.29, 1.82) is 0 Å². The maximum Gasteiger partial charge on any atom is 0.163 e. The van der Waals surface area contributed by atoms with Gasteiger partial charge in [0.25, 0.3) is 0 Å². The Morgan fingerprint density at radius 2 is 1.64 bits per heavy atom. The van der Waals surface area contributed by atoms with E-state index in [1.807, 2.05) is 0 Å². The second-order valence-electron chi connectivity index (χ2n) is 2.44. The van der Waals surface area contributed by atoms with Crippen LogP contribution in [0.4, 0.5) is 0 Å². The van der Waals surface area contributed by atoms with Crippen molar-refractivity contribution in [2.24, 2.45) is 0 Å². The van der Waals surface area contributed by atoms with Crippen LogP contribution in [0.15, 0.2) is 13.4 Å². The van der Waals surface area contributed by atoms with E-state index in [1.54, 1.807) is 7.11 Å². The summed E-state index contributed by atoms with van der Waals surface area (Å²) in [4.78, 5) is 0. The van der Waals surface area contributed by atoms with Crippen LogP contribution in [0.2, 0.25) is 0 Å². The molecule has 74 valence electrons. The lowest BCUT2D eigenvalue weighted by atomic mass is 10.3. The van der Waals surface area contributed by atoms with Gasteiger partial charge in [-0.2, -0.15) is 8.75 Å². The molecule has 0 saturated heterocycles. The van der Waals surface area contributed by atoms with Crippen LogP contribution in [-0.4, -0.2) is 15.9 Å². The smallest absolute Gasteiger partial charge is 0.163 e. The van der Waals surface area contributed by atoms with Crippen LogP contribution in [-0.2, 0) is 0 Å². The number of methoxy groups -OCH3 is 1. The van der Waals surface area contributed by atoms with Crippen molar-refractivity contribution in [2.45, 2.75) is 0 Å². The highest BCUT2D eigenvalue weighted by Crippen LogP contribution is 2.43. The molecule has 3 nitrogen and oxygen atoms in total. The molecule has 0 spiro atoms. The zero-order chi connectivity index (χ0) is 10.3. The molecule has 0 atom stereocenters. The summed E-state index contributed by atoms with van der Waals surface area (Å²) in [7, 11) is 1.61. The summed E-state index contributed by atoms with van der Waals surface area (Å²) < 4.78 is 16.2. The first-order valence-corrected chi connectivity index (χ1v) is 6.60. The average molecular weight is 403 g/mol. The van der Waals surface area contributed by atoms with Gasteiger partial charge in [0.1, 0.15) is 11.0 Å². The van der Waals surface area contributed by atoms with Crippen LogP contribution in [0.3, 0.4) is 0 Å². The Hall–Kier alpha value is 0.280. The molecule has 1 aromatic carbocycles. The van der Waals surface area contributed by atoms with Gasteiger partial charge < -0.3 is 4.74 Å². The van der Waals surface area contributed by atoms with E-state index in [-0.39, 0.29) is 0 Å². The highest BCUT2D eigenvalue weighted by atomic mass is 79.9. The minimum absolute atomic E-state index is 0.698. The molecule has 0 amide bonds. The van der Waals surface area contributed by atoms with Crippen molar-refractivity contribution in [3.8, 4) is 5.75 Å². The second kappa shape index (κ2) is 4.03. The van der Waals surface area contributed by atoms with Crippen molar-refractivity contribution in [3.63, 3.8) is 0 Å². The normalized spacial score (nSPS) is 10.9. The topological polar surface area (TPSA) is 35.0 Å². The van der Waals surface area contributed by atoms with Crippen molar-refractivity contribution in [3.05, 3.63) is 13.4 Å². The molecule has 2 rings (SSSR count). The minimum atomic E-state index is 0.698. The van der Waals surface area contributed by atoms with Crippen molar-refractivity contribution >= 4 is 70.6 Å². The summed E-state index contributed by atoms with van der Waals surface area (Å²) in [6, 6.07) is 0. The van der Waals surface area contributed by atoms with E-state index in [0.29, 0.717) is 5.75 Å². The quantitative estimate of drug-likeness (QED) is 0.676. The van der Waals surface area contributed by atoms with Crippen LogP contribution in [0.5, 0.6) is 5.75 Å². The third-order valence-corrected chi connectivity index (χ3v) is 5.61. The first-order valence-electron chi connectivity index (χ1n) is 3.49. The standard InChI is InChI=1S/C7H3Br3N2OS/c1-13-7-4(10)2(8)3(9)5-6(7)12-14-11-5/h1H3. The van der Waals surface area contributed by atoms with Crippen LogP contribution in [0.1, 0.15) is 0 Å². The van der Waals surface area contributed by atoms with Crippen molar-refractivity contribution < 1.29 is 4.74 Å². The largest absolute Gasteiger partial charge is 0.493 e. The van der Waals surface area contributed by atoms with Gasteiger partial charge in [-0.1, -0.05) is 0 Å². The molecule has 0 aliphatic carbocycles. The lowest BCUT2D eigenvalue weighted by Crippen LogP contribution is -1.88. The van der Waals surface area contributed by atoms with Gasteiger partial charge in [0, 0.05) is 0 Å². The fourth-order valence-electron chi connectivity index (χ4n) is 1.07. The molecule has 0 N–H and O–H groups in total. The fraction of sp³-hybridized carbons (Fsp3) is 0.143. The van der Waals surface area contributed by atoms with Gasteiger partial charge >= 0.3 is 0 Å². The van der Waals surface area contributed by atoms with E-state index >= 15 is 0 Å². The van der Waals surface area contributed by atoms with E-state index in [4.69, 9.17) is 4.74 Å². The monoisotopic (exact) mass is 400 g/mol. The summed E-state index contributed by atoms with van der Waals surface area (Å²) in [5.41, 5.74) is 1.57. The number of aromatic nitrogens is 2. The molecule has 0 bridgehead atoms. The van der Waals surface area contributed by atoms with Crippen molar-refractivity contribution in [1.82, 2.24) is 8.75 Å². The third-order valence-electron chi connectivity index (χ3n) is 1.70. The summed E-state index contributed by atoms with van der Waals surface area (Å²) in [6.07, 6.45) is 0. The van der Waals surface area contributed by atoms with Gasteiger partial charge in [0.05, 0.1) is 32.3 Å². The van der Waals surface area contributed by atoms with E-state index in [1.165, 1.54) is 0 Å². The average Bonchev–Trinajstić information content (AvgIpc) is 2.64. The number of hydrogen-bond acceptors (Lipinski definition) is 4. The molecule has 0 fully saturated rings. The summed E-state index contributed by atoms with van der Waals surface area (Å²) in [6.45, 7) is 0. The number of nitrogens with zero attached hydrogens (tertiary/aromatic N) is 2. The van der Waals surface area contributed by atoms with E-state index in [0.717, 1.165) is 36.2 Å². The molecule has 0 aliphatic rings. The molecule has 0 unspecified atom stereocenters. The molecule has 2 aromatic rings. The Kier molecular flexibility index (Phi) is 3.11. The fourth-order valence-corrected chi connectivity index (χ4v) is 3.40. The van der Waals surface area contributed by atoms with Crippen LogP contribution >= 0.6 is 59.5 Å². The molecule has 1 heterocycles. The lowest BCUT2D eigenvalue weighted by molar-refractivity contribution is 0.416. The van der Waals surface area contributed by atoms with Gasteiger partial charge in [0.2, 0.25) is 0 Å². The Labute approximate surface area is 110 Å². The molecule has 0 saturated carbocycles. The van der Waals surface area contributed by atoms with Gasteiger partial charge in [-0.05, 0) is 47.8 Å². The maximum absolute atomic E-state index is 5.26. The first-order chi connectivity index (χ1) is 6.66. The van der Waals surface area contributed by atoms with Crippen LogP contribution in [0, 0.1) is 0 Å². The Morgan fingerprint density at radius 3 is 2.29 bits per heavy atom. The Morgan fingerprint density at radius 1 is 1.00 bits per heavy atom.